The van der Waals surface area contributed by atoms with Gasteiger partial charge in [-0.3, -0.25) is 14.4 Å². The van der Waals surface area contributed by atoms with E-state index >= 15 is 0 Å². The number of Topliss-reactive ketones (excluding diaryl/α,β-unsaturated/α-hetero) is 2. The second-order valence-corrected chi connectivity index (χ2v) is 11.2. The largest absolute Gasteiger partial charge is 0.464 e. The topological polar surface area (TPSA) is 90.0 Å². The summed E-state index contributed by atoms with van der Waals surface area (Å²) < 4.78 is 11.7. The van der Waals surface area contributed by atoms with Crippen LogP contribution in [0.4, 0.5) is 0 Å². The molecule has 3 aliphatic rings. The molecule has 6 unspecified atom stereocenters. The smallest absolute Gasteiger partial charge is 0.328 e. The number of fused-ring (bicyclic) bond motifs is 3. The molecule has 7 heteroatoms. The number of hydrogen-bond acceptors (Lipinski definition) is 6. The third kappa shape index (κ3) is 7.73. The van der Waals surface area contributed by atoms with Gasteiger partial charge in [0.25, 0.3) is 5.91 Å². The van der Waals surface area contributed by atoms with Crippen LogP contribution in [0, 0.1) is 17.8 Å². The van der Waals surface area contributed by atoms with Crippen molar-refractivity contribution in [3.63, 3.8) is 0 Å². The molecule has 0 radical (unpaired) electrons. The monoisotopic (exact) mass is 489 g/mol. The van der Waals surface area contributed by atoms with E-state index in [4.69, 9.17) is 9.47 Å². The lowest BCUT2D eigenvalue weighted by Crippen LogP contribution is -2.51. The fraction of sp³-hybridized carbons (Fsp3) is 0.786. The van der Waals surface area contributed by atoms with Crippen LogP contribution in [0.1, 0.15) is 91.9 Å². The van der Waals surface area contributed by atoms with Crippen molar-refractivity contribution in [1.29, 1.82) is 0 Å². The number of esters is 1. The summed E-state index contributed by atoms with van der Waals surface area (Å²) in [5, 5.41) is 0. The standard InChI is InChI=1S/C28H43NO6/c1-18-7-11-22(30)12-8-20(3)17-34-28(33)24-6-5-15-29(24)27(32)25(31)26-21(4)10-14-23(35-26)13-9-19(2)16-18/h7,19-21,23-24,26H,5-6,8-17H2,1-4H3. The Morgan fingerprint density at radius 1 is 0.914 bits per heavy atom. The van der Waals surface area contributed by atoms with Gasteiger partial charge in [0.15, 0.2) is 0 Å². The van der Waals surface area contributed by atoms with Crippen molar-refractivity contribution < 1.29 is 28.7 Å². The summed E-state index contributed by atoms with van der Waals surface area (Å²) in [5.74, 6) is -0.963. The second-order valence-electron chi connectivity index (χ2n) is 11.2. The molecule has 2 saturated heterocycles. The molecule has 3 aliphatic heterocycles. The SMILES string of the molecule is CC1=CCC(=O)CCC(C)COC(=O)C2CCCN2C(=O)C(=O)C2OC(CCC(C)C1)CCC2C. The van der Waals surface area contributed by atoms with Crippen molar-refractivity contribution in [2.24, 2.45) is 17.8 Å². The predicted octanol–water partition coefficient (Wildman–Crippen LogP) is 4.42. The molecule has 196 valence electrons. The summed E-state index contributed by atoms with van der Waals surface area (Å²) in [6.45, 7) is 8.78. The molecular weight excluding hydrogens is 446 g/mol. The van der Waals surface area contributed by atoms with Crippen molar-refractivity contribution in [1.82, 2.24) is 4.90 Å². The maximum absolute atomic E-state index is 13.2. The van der Waals surface area contributed by atoms with E-state index in [1.165, 1.54) is 10.5 Å². The van der Waals surface area contributed by atoms with Gasteiger partial charge in [-0.15, -0.1) is 0 Å². The summed E-state index contributed by atoms with van der Waals surface area (Å²) >= 11 is 0. The average Bonchev–Trinajstić information content (AvgIpc) is 3.33. The molecule has 0 saturated carbocycles. The Morgan fingerprint density at radius 3 is 2.43 bits per heavy atom. The molecule has 2 bridgehead atoms. The van der Waals surface area contributed by atoms with Crippen LogP contribution in [-0.4, -0.2) is 59.7 Å². The van der Waals surface area contributed by atoms with Gasteiger partial charge in [0.05, 0.1) is 12.7 Å². The van der Waals surface area contributed by atoms with E-state index in [0.717, 1.165) is 32.1 Å². The highest BCUT2D eigenvalue weighted by molar-refractivity contribution is 6.38. The Labute approximate surface area is 210 Å². The number of allylic oxidation sites excluding steroid dienone is 2. The molecule has 6 atom stereocenters. The third-order valence-electron chi connectivity index (χ3n) is 7.81. The Bertz CT molecular complexity index is 820. The van der Waals surface area contributed by atoms with Crippen molar-refractivity contribution in [2.75, 3.05) is 13.2 Å². The molecular formula is C28H43NO6. The molecule has 3 heterocycles. The quantitative estimate of drug-likeness (QED) is 0.284. The van der Waals surface area contributed by atoms with Gasteiger partial charge in [0, 0.05) is 19.4 Å². The Balaban J connectivity index is 1.74. The van der Waals surface area contributed by atoms with Gasteiger partial charge in [-0.05, 0) is 76.0 Å². The number of hydrogen-bond donors (Lipinski definition) is 0. The zero-order chi connectivity index (χ0) is 25.5. The first-order valence-electron chi connectivity index (χ1n) is 13.5. The van der Waals surface area contributed by atoms with Gasteiger partial charge in [-0.2, -0.15) is 0 Å². The van der Waals surface area contributed by atoms with Gasteiger partial charge in [0.2, 0.25) is 5.78 Å². The number of ether oxygens (including phenoxy) is 2. The van der Waals surface area contributed by atoms with Crippen molar-refractivity contribution in [3.05, 3.63) is 11.6 Å². The van der Waals surface area contributed by atoms with E-state index in [0.29, 0.717) is 44.6 Å². The minimum atomic E-state index is -0.754. The molecule has 0 N–H and O–H groups in total. The van der Waals surface area contributed by atoms with Gasteiger partial charge in [-0.25, -0.2) is 4.79 Å². The minimum Gasteiger partial charge on any atom is -0.464 e. The van der Waals surface area contributed by atoms with Crippen LogP contribution in [0.15, 0.2) is 11.6 Å². The lowest BCUT2D eigenvalue weighted by atomic mass is 9.87. The number of nitrogens with zero attached hydrogens (tertiary/aromatic N) is 1. The Hall–Kier alpha value is -2.02. The molecule has 3 rings (SSSR count). The van der Waals surface area contributed by atoms with Crippen LogP contribution in [0.25, 0.3) is 0 Å². The highest BCUT2D eigenvalue weighted by Crippen LogP contribution is 2.31. The van der Waals surface area contributed by atoms with Gasteiger partial charge in [-0.1, -0.05) is 32.4 Å². The number of carbonyl (C=O) groups excluding carboxylic acids is 4. The highest BCUT2D eigenvalue weighted by Gasteiger charge is 2.43. The molecule has 0 aromatic carbocycles. The zero-order valence-electron chi connectivity index (χ0n) is 21.9. The Kier molecular flexibility index (Phi) is 10.1. The maximum atomic E-state index is 13.2. The van der Waals surface area contributed by atoms with E-state index in [2.05, 4.69) is 13.8 Å². The fourth-order valence-corrected chi connectivity index (χ4v) is 5.47. The first kappa shape index (κ1) is 27.6. The lowest BCUT2D eigenvalue weighted by molar-refractivity contribution is -0.164. The van der Waals surface area contributed by atoms with Crippen LogP contribution >= 0.6 is 0 Å². The van der Waals surface area contributed by atoms with Gasteiger partial charge >= 0.3 is 5.97 Å². The highest BCUT2D eigenvalue weighted by atomic mass is 16.5. The van der Waals surface area contributed by atoms with E-state index in [1.54, 1.807) is 0 Å². The van der Waals surface area contributed by atoms with Crippen molar-refractivity contribution in [2.45, 2.75) is 110 Å². The Morgan fingerprint density at radius 2 is 1.66 bits per heavy atom. The number of amides is 1. The summed E-state index contributed by atoms with van der Waals surface area (Å²) in [7, 11) is 0. The number of ketones is 2. The van der Waals surface area contributed by atoms with Gasteiger partial charge < -0.3 is 14.4 Å². The maximum Gasteiger partial charge on any atom is 0.328 e. The van der Waals surface area contributed by atoms with Crippen molar-refractivity contribution >= 4 is 23.4 Å². The summed E-state index contributed by atoms with van der Waals surface area (Å²) in [5.41, 5.74) is 1.22. The van der Waals surface area contributed by atoms with E-state index in [1.807, 2.05) is 19.9 Å². The van der Waals surface area contributed by atoms with Crippen molar-refractivity contribution in [3.8, 4) is 0 Å². The summed E-state index contributed by atoms with van der Waals surface area (Å²) in [4.78, 5) is 52.9. The van der Waals surface area contributed by atoms with Crippen LogP contribution < -0.4 is 0 Å². The number of rotatable bonds is 0. The lowest BCUT2D eigenvalue weighted by Gasteiger charge is -2.35. The normalized spacial score (nSPS) is 35.1. The van der Waals surface area contributed by atoms with Crippen LogP contribution in [0.5, 0.6) is 0 Å². The third-order valence-corrected chi connectivity index (χ3v) is 7.81. The van der Waals surface area contributed by atoms with Gasteiger partial charge in [0.1, 0.15) is 17.9 Å². The zero-order valence-corrected chi connectivity index (χ0v) is 21.9. The molecule has 1 amide bonds. The summed E-state index contributed by atoms with van der Waals surface area (Å²) in [6, 6.07) is -0.724. The van der Waals surface area contributed by atoms with Crippen LogP contribution in [0.2, 0.25) is 0 Å². The molecule has 0 spiro atoms. The molecule has 2 fully saturated rings. The fourth-order valence-electron chi connectivity index (χ4n) is 5.47. The molecule has 0 aromatic heterocycles. The summed E-state index contributed by atoms with van der Waals surface area (Å²) in [6.07, 6.45) is 8.41. The minimum absolute atomic E-state index is 0.0294. The van der Waals surface area contributed by atoms with Crippen LogP contribution in [0.3, 0.4) is 0 Å². The second kappa shape index (κ2) is 12.8. The molecule has 0 aromatic rings. The number of cyclic esters (lactones) is 1. The first-order valence-corrected chi connectivity index (χ1v) is 13.5. The molecule has 7 nitrogen and oxygen atoms in total. The number of carbonyl (C=O) groups is 4. The van der Waals surface area contributed by atoms with Crippen LogP contribution in [-0.2, 0) is 28.7 Å². The van der Waals surface area contributed by atoms with E-state index in [9.17, 15) is 19.2 Å². The molecule has 35 heavy (non-hydrogen) atoms. The first-order chi connectivity index (χ1) is 16.7. The average molecular weight is 490 g/mol. The van der Waals surface area contributed by atoms with E-state index < -0.39 is 29.8 Å². The molecule has 0 aliphatic carbocycles. The van der Waals surface area contributed by atoms with E-state index in [-0.39, 0.29) is 30.3 Å². The predicted molar refractivity (Wildman–Crippen MR) is 133 cm³/mol.